The van der Waals surface area contributed by atoms with Crippen molar-refractivity contribution in [3.05, 3.63) is 90.0 Å². The Labute approximate surface area is 212 Å². The number of anilines is 2. The molecule has 0 unspecified atom stereocenters. The number of benzodiazepines with no additional fused rings is 1. The van der Waals surface area contributed by atoms with Gasteiger partial charge in [-0.05, 0) is 48.0 Å². The summed E-state index contributed by atoms with van der Waals surface area (Å²) in [5.41, 5.74) is 5.35. The van der Waals surface area contributed by atoms with Crippen molar-refractivity contribution in [1.29, 1.82) is 0 Å². The predicted molar refractivity (Wildman–Crippen MR) is 146 cm³/mol. The molecule has 0 atom stereocenters. The summed E-state index contributed by atoms with van der Waals surface area (Å²) >= 11 is 1.71. The number of rotatable bonds is 5. The monoisotopic (exact) mass is 499 g/mol. The number of hydrogen-bond donors (Lipinski definition) is 1. The number of aliphatic imine (C=N–C) groups is 1. The number of allylic oxidation sites excluding steroid dienone is 1. The van der Waals surface area contributed by atoms with Crippen molar-refractivity contribution in [2.24, 2.45) is 4.99 Å². The molecule has 0 aliphatic carbocycles. The van der Waals surface area contributed by atoms with E-state index >= 15 is 0 Å². The number of halogens is 2. The van der Waals surface area contributed by atoms with Gasteiger partial charge in [-0.15, -0.1) is 24.8 Å². The van der Waals surface area contributed by atoms with E-state index in [0.29, 0.717) is 0 Å². The number of hydrogen-bond acceptors (Lipinski definition) is 4. The zero-order chi connectivity index (χ0) is 21.6. The van der Waals surface area contributed by atoms with Crippen LogP contribution in [0.15, 0.2) is 93.7 Å². The van der Waals surface area contributed by atoms with E-state index in [4.69, 9.17) is 4.99 Å². The summed E-state index contributed by atoms with van der Waals surface area (Å²) in [5, 5.41) is 2.80. The van der Waals surface area contributed by atoms with Crippen LogP contribution in [0.5, 0.6) is 0 Å². The van der Waals surface area contributed by atoms with Crippen LogP contribution in [-0.2, 0) is 4.79 Å². The van der Waals surface area contributed by atoms with Gasteiger partial charge in [-0.3, -0.25) is 9.79 Å². The van der Waals surface area contributed by atoms with Crippen molar-refractivity contribution in [3.8, 4) is 0 Å². The lowest BCUT2D eigenvalue weighted by Crippen LogP contribution is -2.20. The average Bonchev–Trinajstić information content (AvgIpc) is 2.93. The maximum Gasteiger partial charge on any atom is 0.221 e. The second kappa shape index (κ2) is 12.5. The van der Waals surface area contributed by atoms with E-state index in [2.05, 4.69) is 77.9 Å². The number of nitrogens with one attached hydrogen (secondary N) is 1. The first-order valence-electron chi connectivity index (χ1n) is 10.3. The molecule has 0 radical (unpaired) electrons. The van der Waals surface area contributed by atoms with E-state index in [1.54, 1.807) is 11.8 Å². The summed E-state index contributed by atoms with van der Waals surface area (Å²) in [4.78, 5) is 20.6. The molecule has 0 bridgehead atoms. The number of nitrogens with zero attached hydrogens (tertiary/aromatic N) is 2. The number of likely N-dealkylation sites (N-methyl/N-ethyl adjacent to an activating group) is 1. The molecule has 3 aromatic carbocycles. The Balaban J connectivity index is 0.00000193. The van der Waals surface area contributed by atoms with Gasteiger partial charge in [0.15, 0.2) is 0 Å². The summed E-state index contributed by atoms with van der Waals surface area (Å²) in [6.45, 7) is 3.21. The van der Waals surface area contributed by atoms with E-state index in [1.807, 2.05) is 24.3 Å². The Morgan fingerprint density at radius 1 is 0.970 bits per heavy atom. The number of fused-ring (bicyclic) bond motifs is 1. The number of para-hydroxylation sites is 1. The third kappa shape index (κ3) is 6.87. The number of carbonyl (C=O) groups is 1. The van der Waals surface area contributed by atoms with Gasteiger partial charge in [0.1, 0.15) is 0 Å². The molecule has 1 N–H and O–H groups in total. The molecule has 1 amide bonds. The zero-order valence-electron chi connectivity index (χ0n) is 18.5. The molecule has 172 valence electrons. The highest BCUT2D eigenvalue weighted by Crippen LogP contribution is 2.32. The van der Waals surface area contributed by atoms with Crippen molar-refractivity contribution in [2.45, 2.75) is 16.7 Å². The van der Waals surface area contributed by atoms with Crippen LogP contribution >= 0.6 is 36.6 Å². The summed E-state index contributed by atoms with van der Waals surface area (Å²) in [7, 11) is 2.12. The minimum absolute atomic E-state index is 0. The van der Waals surface area contributed by atoms with Gasteiger partial charge in [0.25, 0.3) is 0 Å². The largest absolute Gasteiger partial charge is 0.372 e. The fourth-order valence-electron chi connectivity index (χ4n) is 3.51. The van der Waals surface area contributed by atoms with Gasteiger partial charge in [-0.25, -0.2) is 0 Å². The van der Waals surface area contributed by atoms with Crippen molar-refractivity contribution >= 4 is 65.6 Å². The number of benzene rings is 3. The first-order chi connectivity index (χ1) is 15.1. The van der Waals surface area contributed by atoms with Crippen LogP contribution in [0.2, 0.25) is 0 Å². The highest BCUT2D eigenvalue weighted by Gasteiger charge is 2.13. The van der Waals surface area contributed by atoms with Gasteiger partial charge in [0.2, 0.25) is 5.91 Å². The van der Waals surface area contributed by atoms with E-state index in [-0.39, 0.29) is 30.7 Å². The molecule has 33 heavy (non-hydrogen) atoms. The van der Waals surface area contributed by atoms with Crippen LogP contribution in [0.3, 0.4) is 0 Å². The second-order valence-corrected chi connectivity index (χ2v) is 8.50. The Hall–Kier alpha value is -2.73. The summed E-state index contributed by atoms with van der Waals surface area (Å²) in [6.07, 6.45) is 4.27. The first-order valence-corrected chi connectivity index (χ1v) is 11.1. The molecule has 1 heterocycles. The fraction of sp³-hybridized carbons (Fsp3) is 0.154. The quantitative estimate of drug-likeness (QED) is 0.430. The first kappa shape index (κ1) is 26.5. The third-order valence-corrected chi connectivity index (χ3v) is 6.15. The van der Waals surface area contributed by atoms with Crippen molar-refractivity contribution < 1.29 is 4.79 Å². The molecule has 0 aromatic heterocycles. The highest BCUT2D eigenvalue weighted by molar-refractivity contribution is 7.99. The summed E-state index contributed by atoms with van der Waals surface area (Å²) in [5.74, 6) is -0.0647. The Morgan fingerprint density at radius 2 is 1.67 bits per heavy atom. The predicted octanol–water partition coefficient (Wildman–Crippen LogP) is 6.59. The van der Waals surface area contributed by atoms with Crippen LogP contribution < -0.4 is 10.2 Å². The molecule has 1 aliphatic rings. The zero-order valence-corrected chi connectivity index (χ0v) is 21.0. The van der Waals surface area contributed by atoms with Crippen LogP contribution in [0.4, 0.5) is 11.4 Å². The lowest BCUT2D eigenvalue weighted by atomic mass is 10.1. The molecular weight excluding hydrogens is 473 g/mol. The molecule has 4 rings (SSSR count). The Morgan fingerprint density at radius 3 is 2.42 bits per heavy atom. The van der Waals surface area contributed by atoms with Crippen LogP contribution in [0.1, 0.15) is 18.1 Å². The molecule has 4 nitrogen and oxygen atoms in total. The molecule has 0 saturated carbocycles. The van der Waals surface area contributed by atoms with Crippen molar-refractivity contribution in [1.82, 2.24) is 0 Å². The van der Waals surface area contributed by atoms with Crippen LogP contribution in [0, 0.1) is 0 Å². The molecule has 0 saturated heterocycles. The number of amides is 1. The van der Waals surface area contributed by atoms with Crippen LogP contribution in [-0.4, -0.2) is 31.8 Å². The van der Waals surface area contributed by atoms with E-state index in [9.17, 15) is 4.79 Å². The SMILES string of the molecule is CC(=O)Nc1ccc(Sc2ccccc2/C=C/C2=NCCN(C)c3ccccc32)cc1.Cl.Cl. The van der Waals surface area contributed by atoms with E-state index < -0.39 is 0 Å². The van der Waals surface area contributed by atoms with Gasteiger partial charge in [0.05, 0.1) is 12.3 Å². The van der Waals surface area contributed by atoms with Gasteiger partial charge < -0.3 is 10.2 Å². The maximum absolute atomic E-state index is 11.2. The summed E-state index contributed by atoms with van der Waals surface area (Å²) < 4.78 is 0. The minimum atomic E-state index is -0.0647. The molecule has 7 heteroatoms. The van der Waals surface area contributed by atoms with Gasteiger partial charge in [-0.2, -0.15) is 0 Å². The van der Waals surface area contributed by atoms with Crippen molar-refractivity contribution in [2.75, 3.05) is 30.4 Å². The van der Waals surface area contributed by atoms with Crippen molar-refractivity contribution in [3.63, 3.8) is 0 Å². The Bertz CT molecular complexity index is 1150. The standard InChI is InChI=1S/C26H25N3OS.2ClH/c1-19(30)28-21-12-14-22(15-13-21)31-26-10-6-3-7-20(26)11-16-24-23-8-4-5-9-25(23)29(2)18-17-27-24;;/h3-16H,17-18H2,1-2H3,(H,28,30);2*1H/b16-11+;;. The lowest BCUT2D eigenvalue weighted by Gasteiger charge is -2.18. The van der Waals surface area contributed by atoms with E-state index in [0.717, 1.165) is 40.5 Å². The maximum atomic E-state index is 11.2. The smallest absolute Gasteiger partial charge is 0.221 e. The Kier molecular flexibility index (Phi) is 10.0. The van der Waals surface area contributed by atoms with Crippen LogP contribution in [0.25, 0.3) is 6.08 Å². The molecule has 3 aromatic rings. The molecule has 0 spiro atoms. The van der Waals surface area contributed by atoms with Gasteiger partial charge >= 0.3 is 0 Å². The number of carbonyl (C=O) groups excluding carboxylic acids is 1. The molecule has 0 fully saturated rings. The highest BCUT2D eigenvalue weighted by atomic mass is 35.5. The van der Waals surface area contributed by atoms with Gasteiger partial charge in [-0.1, -0.05) is 54.2 Å². The molecule has 1 aliphatic heterocycles. The van der Waals surface area contributed by atoms with E-state index in [1.165, 1.54) is 17.5 Å². The normalized spacial score (nSPS) is 12.7. The average molecular weight is 500 g/mol. The van der Waals surface area contributed by atoms with Gasteiger partial charge in [0, 0.05) is 47.2 Å². The second-order valence-electron chi connectivity index (χ2n) is 7.38. The lowest BCUT2D eigenvalue weighted by molar-refractivity contribution is -0.114. The fourth-order valence-corrected chi connectivity index (χ4v) is 4.43. The third-order valence-electron chi connectivity index (χ3n) is 5.05. The summed E-state index contributed by atoms with van der Waals surface area (Å²) in [6, 6.07) is 24.7. The minimum Gasteiger partial charge on any atom is -0.372 e. The topological polar surface area (TPSA) is 44.7 Å². The molecular formula is C26H27Cl2N3OS.